The van der Waals surface area contributed by atoms with Crippen molar-refractivity contribution in [2.24, 2.45) is 5.92 Å². The zero-order valence-corrected chi connectivity index (χ0v) is 12.6. The largest absolute Gasteiger partial charge is 0.311 e. The maximum Gasteiger partial charge on any atom is 0.0406 e. The van der Waals surface area contributed by atoms with Crippen LogP contribution < -0.4 is 5.32 Å². The van der Waals surface area contributed by atoms with Gasteiger partial charge in [0.2, 0.25) is 0 Å². The van der Waals surface area contributed by atoms with Crippen molar-refractivity contribution >= 4 is 11.6 Å². The first-order chi connectivity index (χ1) is 8.31. The van der Waals surface area contributed by atoms with Gasteiger partial charge in [-0.3, -0.25) is 0 Å². The Bertz CT molecular complexity index is 396. The van der Waals surface area contributed by atoms with Gasteiger partial charge in [0.25, 0.3) is 0 Å². The molecule has 18 heavy (non-hydrogen) atoms. The van der Waals surface area contributed by atoms with Crippen LogP contribution in [0.15, 0.2) is 24.3 Å². The number of halogens is 1. The average Bonchev–Trinajstić information content (AvgIpc) is 2.23. The summed E-state index contributed by atoms with van der Waals surface area (Å²) < 4.78 is 0. The highest BCUT2D eigenvalue weighted by atomic mass is 35.5. The maximum atomic E-state index is 5.99. The molecule has 1 saturated carbocycles. The molecule has 1 fully saturated rings. The molecule has 2 rings (SSSR count). The van der Waals surface area contributed by atoms with E-state index >= 15 is 0 Å². The third kappa shape index (κ3) is 3.07. The smallest absolute Gasteiger partial charge is 0.0406 e. The Morgan fingerprint density at radius 1 is 1.22 bits per heavy atom. The molecule has 1 aliphatic carbocycles. The Hall–Kier alpha value is -0.530. The van der Waals surface area contributed by atoms with E-state index in [1.807, 2.05) is 12.1 Å². The van der Waals surface area contributed by atoms with Crippen molar-refractivity contribution in [3.05, 3.63) is 34.9 Å². The van der Waals surface area contributed by atoms with Crippen LogP contribution in [0.4, 0.5) is 0 Å². The Morgan fingerprint density at radius 2 is 1.78 bits per heavy atom. The highest BCUT2D eigenvalue weighted by Gasteiger charge is 2.43. The van der Waals surface area contributed by atoms with Crippen LogP contribution >= 0.6 is 11.6 Å². The van der Waals surface area contributed by atoms with Gasteiger partial charge in [-0.2, -0.15) is 0 Å². The average molecular weight is 266 g/mol. The van der Waals surface area contributed by atoms with Crippen molar-refractivity contribution in [2.45, 2.75) is 51.5 Å². The molecule has 0 amide bonds. The molecule has 0 atom stereocenters. The van der Waals surface area contributed by atoms with E-state index in [1.54, 1.807) is 0 Å². The number of nitrogens with one attached hydrogen (secondary N) is 1. The van der Waals surface area contributed by atoms with E-state index in [1.165, 1.54) is 18.4 Å². The van der Waals surface area contributed by atoms with Crippen molar-refractivity contribution in [1.29, 1.82) is 0 Å². The summed E-state index contributed by atoms with van der Waals surface area (Å²) in [6.45, 7) is 10.1. The summed E-state index contributed by atoms with van der Waals surface area (Å²) in [6.07, 6.45) is 2.55. The Labute approximate surface area is 116 Å². The lowest BCUT2D eigenvalue weighted by Gasteiger charge is -2.48. The first kappa shape index (κ1) is 13.9. The zero-order valence-electron chi connectivity index (χ0n) is 11.9. The summed E-state index contributed by atoms with van der Waals surface area (Å²) >= 11 is 5.99. The van der Waals surface area contributed by atoms with Gasteiger partial charge in [0.15, 0.2) is 0 Å². The van der Waals surface area contributed by atoms with Crippen molar-refractivity contribution in [1.82, 2.24) is 5.32 Å². The summed E-state index contributed by atoms with van der Waals surface area (Å²) in [5.74, 6) is 0.836. The third-order valence-electron chi connectivity index (χ3n) is 3.89. The van der Waals surface area contributed by atoms with E-state index < -0.39 is 0 Å². The Balaban J connectivity index is 2.15. The van der Waals surface area contributed by atoms with Crippen molar-refractivity contribution in [3.8, 4) is 0 Å². The molecule has 1 nitrogen and oxygen atoms in total. The van der Waals surface area contributed by atoms with Crippen LogP contribution in [-0.2, 0) is 5.41 Å². The summed E-state index contributed by atoms with van der Waals surface area (Å²) in [5.41, 5.74) is 1.93. The summed E-state index contributed by atoms with van der Waals surface area (Å²) in [5, 5.41) is 4.49. The maximum absolute atomic E-state index is 5.99. The quantitative estimate of drug-likeness (QED) is 0.854. The third-order valence-corrected chi connectivity index (χ3v) is 4.14. The highest BCUT2D eigenvalue weighted by Crippen LogP contribution is 2.47. The van der Waals surface area contributed by atoms with Gasteiger partial charge in [-0.25, -0.2) is 0 Å². The molecule has 0 aliphatic heterocycles. The number of hydrogen-bond acceptors (Lipinski definition) is 1. The van der Waals surface area contributed by atoms with E-state index in [9.17, 15) is 0 Å². The number of hydrogen-bond donors (Lipinski definition) is 1. The SMILES string of the molecule is CC1CC(CNC(C)(C)C)(c2ccc(Cl)cc2)C1. The van der Waals surface area contributed by atoms with E-state index in [0.717, 1.165) is 17.5 Å². The van der Waals surface area contributed by atoms with E-state index in [-0.39, 0.29) is 5.54 Å². The lowest BCUT2D eigenvalue weighted by Crippen LogP contribution is -2.52. The van der Waals surface area contributed by atoms with E-state index in [4.69, 9.17) is 11.6 Å². The molecule has 100 valence electrons. The lowest BCUT2D eigenvalue weighted by molar-refractivity contribution is 0.142. The fraction of sp³-hybridized carbons (Fsp3) is 0.625. The van der Waals surface area contributed by atoms with Crippen LogP contribution in [0, 0.1) is 5.92 Å². The second-order valence-electron chi connectivity index (χ2n) is 6.90. The molecule has 0 aromatic heterocycles. The van der Waals surface area contributed by atoms with E-state index in [0.29, 0.717) is 5.41 Å². The minimum atomic E-state index is 0.179. The highest BCUT2D eigenvalue weighted by molar-refractivity contribution is 6.30. The Kier molecular flexibility index (Phi) is 3.75. The molecule has 0 bridgehead atoms. The second-order valence-corrected chi connectivity index (χ2v) is 7.34. The van der Waals surface area contributed by atoms with Gasteiger partial charge >= 0.3 is 0 Å². The minimum absolute atomic E-state index is 0.179. The van der Waals surface area contributed by atoms with Crippen LogP contribution in [0.2, 0.25) is 5.02 Å². The fourth-order valence-corrected chi connectivity index (χ4v) is 3.12. The van der Waals surface area contributed by atoms with Crippen LogP contribution in [0.5, 0.6) is 0 Å². The summed E-state index contributed by atoms with van der Waals surface area (Å²) in [6, 6.07) is 8.41. The van der Waals surface area contributed by atoms with Gasteiger partial charge in [0, 0.05) is 22.5 Å². The minimum Gasteiger partial charge on any atom is -0.311 e. The normalized spacial score (nSPS) is 27.9. The topological polar surface area (TPSA) is 12.0 Å². The molecule has 0 radical (unpaired) electrons. The van der Waals surface area contributed by atoms with Crippen LogP contribution in [-0.4, -0.2) is 12.1 Å². The number of rotatable bonds is 3. The zero-order chi connectivity index (χ0) is 13.4. The van der Waals surface area contributed by atoms with Gasteiger partial charge in [-0.05, 0) is 57.2 Å². The molecule has 1 N–H and O–H groups in total. The standard InChI is InChI=1S/C16H24ClN/c1-12-9-16(10-12,11-18-15(2,3)4)13-5-7-14(17)8-6-13/h5-8,12,18H,9-11H2,1-4H3. The molecule has 0 saturated heterocycles. The first-order valence-corrected chi connectivity index (χ1v) is 7.20. The molecule has 1 aromatic carbocycles. The van der Waals surface area contributed by atoms with Crippen molar-refractivity contribution in [3.63, 3.8) is 0 Å². The molecule has 0 unspecified atom stereocenters. The molecule has 1 aliphatic rings. The van der Waals surface area contributed by atoms with Gasteiger partial charge in [-0.1, -0.05) is 30.7 Å². The monoisotopic (exact) mass is 265 g/mol. The van der Waals surface area contributed by atoms with Crippen molar-refractivity contribution in [2.75, 3.05) is 6.54 Å². The van der Waals surface area contributed by atoms with Gasteiger partial charge in [-0.15, -0.1) is 0 Å². The second kappa shape index (κ2) is 4.86. The molecule has 0 heterocycles. The number of benzene rings is 1. The van der Waals surface area contributed by atoms with Gasteiger partial charge < -0.3 is 5.32 Å². The van der Waals surface area contributed by atoms with Gasteiger partial charge in [0.05, 0.1) is 0 Å². The Morgan fingerprint density at radius 3 is 2.22 bits per heavy atom. The summed E-state index contributed by atoms with van der Waals surface area (Å²) in [7, 11) is 0. The predicted octanol–water partition coefficient (Wildman–Crippen LogP) is 4.40. The summed E-state index contributed by atoms with van der Waals surface area (Å²) in [4.78, 5) is 0. The first-order valence-electron chi connectivity index (χ1n) is 6.82. The van der Waals surface area contributed by atoms with Crippen LogP contribution in [0.1, 0.15) is 46.1 Å². The van der Waals surface area contributed by atoms with Crippen molar-refractivity contribution < 1.29 is 0 Å². The lowest BCUT2D eigenvalue weighted by atomic mass is 9.59. The fourth-order valence-electron chi connectivity index (χ4n) is 2.99. The predicted molar refractivity (Wildman–Crippen MR) is 79.3 cm³/mol. The van der Waals surface area contributed by atoms with Crippen LogP contribution in [0.3, 0.4) is 0 Å². The van der Waals surface area contributed by atoms with Crippen LogP contribution in [0.25, 0.3) is 0 Å². The molecule has 0 spiro atoms. The van der Waals surface area contributed by atoms with E-state index in [2.05, 4.69) is 45.1 Å². The molecule has 1 aromatic rings. The molecule has 2 heteroatoms. The molecular formula is C16H24ClN. The van der Waals surface area contributed by atoms with Gasteiger partial charge in [0.1, 0.15) is 0 Å². The molecular weight excluding hydrogens is 242 g/mol.